The van der Waals surface area contributed by atoms with Gasteiger partial charge in [0.25, 0.3) is 0 Å². The number of rotatable bonds is 2. The van der Waals surface area contributed by atoms with Crippen LogP contribution in [0.4, 0.5) is 13.2 Å². The lowest BCUT2D eigenvalue weighted by Gasteiger charge is -2.12. The molecule has 1 atom stereocenters. The molecule has 88 valence electrons. The van der Waals surface area contributed by atoms with Crippen LogP contribution in [0.2, 0.25) is 0 Å². The Morgan fingerprint density at radius 1 is 1.44 bits per heavy atom. The SMILES string of the molecule is CC(=O)O[C@@H](C)c1ccc(C(F)(F)F)nc1. The van der Waals surface area contributed by atoms with Crippen molar-refractivity contribution in [1.29, 1.82) is 0 Å². The van der Waals surface area contributed by atoms with Gasteiger partial charge in [0.05, 0.1) is 0 Å². The van der Waals surface area contributed by atoms with E-state index >= 15 is 0 Å². The summed E-state index contributed by atoms with van der Waals surface area (Å²) in [6.07, 6.45) is -4.01. The summed E-state index contributed by atoms with van der Waals surface area (Å²) in [5.41, 5.74) is -0.547. The molecular weight excluding hydrogens is 223 g/mol. The Morgan fingerprint density at radius 2 is 2.06 bits per heavy atom. The van der Waals surface area contributed by atoms with Crippen LogP contribution in [0, 0.1) is 0 Å². The molecule has 0 aliphatic carbocycles. The molecule has 3 nitrogen and oxygen atoms in total. The lowest BCUT2D eigenvalue weighted by atomic mass is 10.2. The predicted octanol–water partition coefficient (Wildman–Crippen LogP) is 2.72. The van der Waals surface area contributed by atoms with E-state index in [0.29, 0.717) is 5.56 Å². The number of ether oxygens (including phenoxy) is 1. The van der Waals surface area contributed by atoms with E-state index < -0.39 is 23.9 Å². The van der Waals surface area contributed by atoms with E-state index in [1.807, 2.05) is 0 Å². The fourth-order valence-electron chi connectivity index (χ4n) is 1.13. The maximum atomic E-state index is 12.2. The normalized spacial score (nSPS) is 13.3. The molecule has 0 radical (unpaired) electrons. The molecule has 1 aromatic rings. The van der Waals surface area contributed by atoms with Gasteiger partial charge in [0, 0.05) is 18.7 Å². The number of hydrogen-bond acceptors (Lipinski definition) is 3. The Morgan fingerprint density at radius 3 is 2.44 bits per heavy atom. The second-order valence-corrected chi connectivity index (χ2v) is 3.23. The van der Waals surface area contributed by atoms with Crippen molar-refractivity contribution >= 4 is 5.97 Å². The molecule has 0 amide bonds. The maximum Gasteiger partial charge on any atom is 0.433 e. The van der Waals surface area contributed by atoms with E-state index in [9.17, 15) is 18.0 Å². The van der Waals surface area contributed by atoms with Crippen molar-refractivity contribution in [3.05, 3.63) is 29.6 Å². The first kappa shape index (κ1) is 12.5. The summed E-state index contributed by atoms with van der Waals surface area (Å²) in [5.74, 6) is -0.493. The van der Waals surface area contributed by atoms with Crippen LogP contribution < -0.4 is 0 Å². The standard InChI is InChI=1S/C10H10F3NO2/c1-6(16-7(2)15)8-3-4-9(14-5-8)10(11,12)13/h3-6H,1-2H3/t6-/m0/s1. The Bertz CT molecular complexity index is 373. The Labute approximate surface area is 90.2 Å². The minimum absolute atomic E-state index is 0.420. The van der Waals surface area contributed by atoms with Gasteiger partial charge in [-0.3, -0.25) is 9.78 Å². The zero-order chi connectivity index (χ0) is 12.3. The summed E-state index contributed by atoms with van der Waals surface area (Å²) in [6, 6.07) is 2.10. The van der Waals surface area contributed by atoms with Crippen LogP contribution in [-0.4, -0.2) is 11.0 Å². The lowest BCUT2D eigenvalue weighted by molar-refractivity contribution is -0.146. The van der Waals surface area contributed by atoms with Crippen molar-refractivity contribution in [2.45, 2.75) is 26.1 Å². The summed E-state index contributed by atoms with van der Waals surface area (Å²) < 4.78 is 41.4. The maximum absolute atomic E-state index is 12.2. The molecule has 1 rings (SSSR count). The number of nitrogens with zero attached hydrogens (tertiary/aromatic N) is 1. The smallest absolute Gasteiger partial charge is 0.433 e. The van der Waals surface area contributed by atoms with E-state index in [1.54, 1.807) is 6.92 Å². The van der Waals surface area contributed by atoms with Crippen LogP contribution in [0.5, 0.6) is 0 Å². The quantitative estimate of drug-likeness (QED) is 0.737. The molecule has 16 heavy (non-hydrogen) atoms. The third-order valence-corrected chi connectivity index (χ3v) is 1.89. The van der Waals surface area contributed by atoms with E-state index in [4.69, 9.17) is 4.74 Å². The zero-order valence-corrected chi connectivity index (χ0v) is 8.71. The minimum Gasteiger partial charge on any atom is -0.458 e. The van der Waals surface area contributed by atoms with Crippen molar-refractivity contribution in [3.8, 4) is 0 Å². The Kier molecular flexibility index (Phi) is 3.51. The topological polar surface area (TPSA) is 39.2 Å². The van der Waals surface area contributed by atoms with E-state index in [2.05, 4.69) is 4.98 Å². The number of esters is 1. The molecule has 0 aliphatic rings. The Hall–Kier alpha value is -1.59. The predicted molar refractivity (Wildman–Crippen MR) is 49.4 cm³/mol. The molecule has 0 spiro atoms. The first-order valence-electron chi connectivity index (χ1n) is 4.51. The van der Waals surface area contributed by atoms with Crippen LogP contribution in [-0.2, 0) is 15.7 Å². The van der Waals surface area contributed by atoms with Crippen molar-refractivity contribution in [3.63, 3.8) is 0 Å². The van der Waals surface area contributed by atoms with Crippen molar-refractivity contribution < 1.29 is 22.7 Å². The molecule has 0 aromatic carbocycles. The monoisotopic (exact) mass is 233 g/mol. The average molecular weight is 233 g/mol. The molecule has 1 heterocycles. The van der Waals surface area contributed by atoms with E-state index in [1.165, 1.54) is 13.0 Å². The van der Waals surface area contributed by atoms with Gasteiger partial charge in [-0.15, -0.1) is 0 Å². The zero-order valence-electron chi connectivity index (χ0n) is 8.71. The highest BCUT2D eigenvalue weighted by Crippen LogP contribution is 2.28. The number of aromatic nitrogens is 1. The average Bonchev–Trinajstić information content (AvgIpc) is 2.15. The largest absolute Gasteiger partial charge is 0.458 e. The van der Waals surface area contributed by atoms with Gasteiger partial charge in [-0.25, -0.2) is 0 Å². The molecular formula is C10H10F3NO2. The van der Waals surface area contributed by atoms with Gasteiger partial charge >= 0.3 is 12.1 Å². The molecule has 0 unspecified atom stereocenters. The highest BCUT2D eigenvalue weighted by atomic mass is 19.4. The number of halogens is 3. The van der Waals surface area contributed by atoms with Crippen molar-refractivity contribution in [1.82, 2.24) is 4.98 Å². The number of carbonyl (C=O) groups is 1. The summed E-state index contributed by atoms with van der Waals surface area (Å²) in [6.45, 7) is 2.79. The minimum atomic E-state index is -4.46. The van der Waals surface area contributed by atoms with Crippen LogP contribution in [0.15, 0.2) is 18.3 Å². The molecule has 0 saturated carbocycles. The van der Waals surface area contributed by atoms with Gasteiger partial charge in [0.2, 0.25) is 0 Å². The van der Waals surface area contributed by atoms with Crippen molar-refractivity contribution in [2.75, 3.05) is 0 Å². The third kappa shape index (κ3) is 3.22. The number of pyridine rings is 1. The number of carbonyl (C=O) groups excluding carboxylic acids is 1. The van der Waals surface area contributed by atoms with Gasteiger partial charge in [-0.2, -0.15) is 13.2 Å². The molecule has 0 bridgehead atoms. The van der Waals surface area contributed by atoms with Crippen LogP contribution in [0.25, 0.3) is 0 Å². The second kappa shape index (κ2) is 4.51. The summed E-state index contributed by atoms with van der Waals surface area (Å²) in [4.78, 5) is 13.9. The van der Waals surface area contributed by atoms with Gasteiger partial charge < -0.3 is 4.74 Å². The fourth-order valence-corrected chi connectivity index (χ4v) is 1.13. The van der Waals surface area contributed by atoms with Gasteiger partial charge in [-0.05, 0) is 13.0 Å². The first-order valence-corrected chi connectivity index (χ1v) is 4.51. The summed E-state index contributed by atoms with van der Waals surface area (Å²) >= 11 is 0. The van der Waals surface area contributed by atoms with E-state index in [0.717, 1.165) is 12.3 Å². The number of alkyl halides is 3. The van der Waals surface area contributed by atoms with Crippen LogP contribution >= 0.6 is 0 Å². The number of hydrogen-bond donors (Lipinski definition) is 0. The highest BCUT2D eigenvalue weighted by molar-refractivity contribution is 5.66. The molecule has 1 aromatic heterocycles. The first-order chi connectivity index (χ1) is 7.30. The second-order valence-electron chi connectivity index (χ2n) is 3.23. The Balaban J connectivity index is 2.83. The van der Waals surface area contributed by atoms with Gasteiger partial charge in [0.15, 0.2) is 0 Å². The molecule has 0 aliphatic heterocycles. The summed E-state index contributed by atoms with van der Waals surface area (Å²) in [5, 5.41) is 0. The van der Waals surface area contributed by atoms with E-state index in [-0.39, 0.29) is 0 Å². The molecule has 0 fully saturated rings. The molecule has 6 heteroatoms. The van der Waals surface area contributed by atoms with Gasteiger partial charge in [0.1, 0.15) is 11.8 Å². The van der Waals surface area contributed by atoms with Crippen LogP contribution in [0.3, 0.4) is 0 Å². The molecule has 0 saturated heterocycles. The van der Waals surface area contributed by atoms with Crippen molar-refractivity contribution in [2.24, 2.45) is 0 Å². The highest BCUT2D eigenvalue weighted by Gasteiger charge is 2.32. The lowest BCUT2D eigenvalue weighted by Crippen LogP contribution is -2.10. The fraction of sp³-hybridized carbons (Fsp3) is 0.400. The van der Waals surface area contributed by atoms with Crippen LogP contribution in [0.1, 0.15) is 31.2 Å². The summed E-state index contributed by atoms with van der Waals surface area (Å²) in [7, 11) is 0. The third-order valence-electron chi connectivity index (χ3n) is 1.89. The van der Waals surface area contributed by atoms with Gasteiger partial charge in [-0.1, -0.05) is 6.07 Å². The molecule has 0 N–H and O–H groups in total.